The molecule has 0 amide bonds. The van der Waals surface area contributed by atoms with Crippen molar-refractivity contribution in [3.05, 3.63) is 68.4 Å². The van der Waals surface area contributed by atoms with Gasteiger partial charge in [0.1, 0.15) is 5.82 Å². The molecule has 1 unspecified atom stereocenters. The van der Waals surface area contributed by atoms with E-state index < -0.39 is 6.10 Å². The average Bonchev–Trinajstić information content (AvgIpc) is 2.37. The Bertz CT molecular complexity index is 601. The van der Waals surface area contributed by atoms with Crippen LogP contribution in [0.3, 0.4) is 0 Å². The summed E-state index contributed by atoms with van der Waals surface area (Å²) in [7, 11) is 0. The molecule has 0 saturated heterocycles. The summed E-state index contributed by atoms with van der Waals surface area (Å²) in [4.78, 5) is 0. The smallest absolute Gasteiger partial charge is 0.126 e. The van der Waals surface area contributed by atoms with Gasteiger partial charge in [-0.25, -0.2) is 4.39 Å². The zero-order chi connectivity index (χ0) is 14.0. The maximum absolute atomic E-state index is 13.6. The van der Waals surface area contributed by atoms with Crippen molar-refractivity contribution in [1.82, 2.24) is 0 Å². The van der Waals surface area contributed by atoms with Gasteiger partial charge < -0.3 is 5.11 Å². The van der Waals surface area contributed by atoms with E-state index in [4.69, 9.17) is 11.6 Å². The van der Waals surface area contributed by atoms with Gasteiger partial charge in [0, 0.05) is 15.9 Å². The molecule has 100 valence electrons. The first kappa shape index (κ1) is 14.5. The molecule has 0 radical (unpaired) electrons. The number of aliphatic hydroxyl groups excluding tert-OH is 1. The largest absolute Gasteiger partial charge is 0.388 e. The summed E-state index contributed by atoms with van der Waals surface area (Å²) in [5.41, 5.74) is 2.25. The fraction of sp³-hybridized carbons (Fsp3) is 0.200. The molecule has 2 aromatic carbocycles. The predicted molar refractivity (Wildman–Crippen MR) is 79.0 cm³/mol. The number of hydrogen-bond acceptors (Lipinski definition) is 1. The molecule has 0 aliphatic rings. The lowest BCUT2D eigenvalue weighted by molar-refractivity contribution is 0.177. The van der Waals surface area contributed by atoms with E-state index in [0.29, 0.717) is 10.6 Å². The zero-order valence-electron chi connectivity index (χ0n) is 10.3. The quantitative estimate of drug-likeness (QED) is 0.846. The molecule has 0 spiro atoms. The van der Waals surface area contributed by atoms with Gasteiger partial charge in [-0.15, -0.1) is 0 Å². The first-order valence-electron chi connectivity index (χ1n) is 5.85. The molecule has 1 N–H and O–H groups in total. The van der Waals surface area contributed by atoms with Crippen LogP contribution in [0.1, 0.15) is 22.8 Å². The van der Waals surface area contributed by atoms with Gasteiger partial charge in [-0.05, 0) is 47.9 Å². The molecule has 4 heteroatoms. The lowest BCUT2D eigenvalue weighted by Gasteiger charge is -2.13. The van der Waals surface area contributed by atoms with Crippen LogP contribution in [-0.2, 0) is 6.42 Å². The first-order valence-corrected chi connectivity index (χ1v) is 7.02. The Labute approximate surface area is 125 Å². The Balaban J connectivity index is 2.22. The fourth-order valence-corrected chi connectivity index (χ4v) is 2.43. The van der Waals surface area contributed by atoms with Crippen LogP contribution in [0.5, 0.6) is 0 Å². The van der Waals surface area contributed by atoms with Gasteiger partial charge in [0.2, 0.25) is 0 Å². The van der Waals surface area contributed by atoms with Crippen molar-refractivity contribution < 1.29 is 9.50 Å². The average molecular weight is 344 g/mol. The Morgan fingerprint density at radius 3 is 2.68 bits per heavy atom. The second-order valence-corrected chi connectivity index (χ2v) is 5.76. The molecular formula is C15H13BrClFO. The van der Waals surface area contributed by atoms with E-state index in [2.05, 4.69) is 15.9 Å². The Morgan fingerprint density at radius 1 is 1.26 bits per heavy atom. The Hall–Kier alpha value is -0.900. The number of aliphatic hydroxyl groups is 1. The van der Waals surface area contributed by atoms with Crippen LogP contribution in [0, 0.1) is 12.7 Å². The highest BCUT2D eigenvalue weighted by Crippen LogP contribution is 2.26. The fourth-order valence-electron chi connectivity index (χ4n) is 1.84. The highest BCUT2D eigenvalue weighted by Gasteiger charge is 2.13. The topological polar surface area (TPSA) is 20.2 Å². The lowest BCUT2D eigenvalue weighted by atomic mass is 10.0. The summed E-state index contributed by atoms with van der Waals surface area (Å²) in [6.45, 7) is 1.97. The third kappa shape index (κ3) is 3.56. The monoisotopic (exact) mass is 342 g/mol. The van der Waals surface area contributed by atoms with Crippen molar-refractivity contribution in [1.29, 1.82) is 0 Å². The molecular weight excluding hydrogens is 331 g/mol. The van der Waals surface area contributed by atoms with E-state index in [1.165, 1.54) is 12.1 Å². The molecule has 1 nitrogen and oxygen atoms in total. The maximum Gasteiger partial charge on any atom is 0.126 e. The summed E-state index contributed by atoms with van der Waals surface area (Å²) in [6, 6.07) is 9.96. The molecule has 2 rings (SSSR count). The van der Waals surface area contributed by atoms with Crippen LogP contribution < -0.4 is 0 Å². The van der Waals surface area contributed by atoms with E-state index in [0.717, 1.165) is 15.6 Å². The Kier molecular flexibility index (Phi) is 4.61. The third-order valence-electron chi connectivity index (χ3n) is 3.00. The van der Waals surface area contributed by atoms with Gasteiger partial charge in [0.05, 0.1) is 6.10 Å². The van der Waals surface area contributed by atoms with Crippen LogP contribution >= 0.6 is 27.5 Å². The maximum atomic E-state index is 13.6. The van der Waals surface area contributed by atoms with Crippen molar-refractivity contribution in [2.24, 2.45) is 0 Å². The van der Waals surface area contributed by atoms with Gasteiger partial charge in [0.25, 0.3) is 0 Å². The lowest BCUT2D eigenvalue weighted by Crippen LogP contribution is -2.04. The molecule has 1 atom stereocenters. The summed E-state index contributed by atoms with van der Waals surface area (Å²) in [6.07, 6.45) is -0.563. The molecule has 19 heavy (non-hydrogen) atoms. The van der Waals surface area contributed by atoms with Crippen molar-refractivity contribution >= 4 is 27.5 Å². The number of aryl methyl sites for hydroxylation is 1. The third-order valence-corrected chi connectivity index (χ3v) is 4.09. The van der Waals surface area contributed by atoms with Gasteiger partial charge in [-0.3, -0.25) is 0 Å². The number of rotatable bonds is 3. The van der Waals surface area contributed by atoms with Crippen LogP contribution in [0.4, 0.5) is 4.39 Å². The van der Waals surface area contributed by atoms with E-state index >= 15 is 0 Å². The standard InChI is InChI=1S/C15H13BrClFO/c1-9-2-3-10(7-13(9)16)15(19)8-11-6-12(17)4-5-14(11)18/h2-7,15,19H,8H2,1H3. The summed E-state index contributed by atoms with van der Waals surface area (Å²) in [5.74, 6) is -0.352. The molecule has 0 aliphatic heterocycles. The van der Waals surface area contributed by atoms with Crippen LogP contribution in [0.15, 0.2) is 40.9 Å². The van der Waals surface area contributed by atoms with E-state index in [1.54, 1.807) is 6.07 Å². The number of benzene rings is 2. The summed E-state index contributed by atoms with van der Waals surface area (Å²) >= 11 is 9.26. The normalized spacial score (nSPS) is 12.5. The second kappa shape index (κ2) is 6.04. The number of hydrogen-bond donors (Lipinski definition) is 1. The van der Waals surface area contributed by atoms with Gasteiger partial charge in [-0.2, -0.15) is 0 Å². The van der Waals surface area contributed by atoms with Gasteiger partial charge >= 0.3 is 0 Å². The minimum atomic E-state index is -0.759. The van der Waals surface area contributed by atoms with Crippen molar-refractivity contribution in [3.63, 3.8) is 0 Å². The minimum Gasteiger partial charge on any atom is -0.388 e. The SMILES string of the molecule is Cc1ccc(C(O)Cc2cc(Cl)ccc2F)cc1Br. The molecule has 0 fully saturated rings. The van der Waals surface area contributed by atoms with Crippen LogP contribution in [0.2, 0.25) is 5.02 Å². The Morgan fingerprint density at radius 2 is 2.00 bits per heavy atom. The minimum absolute atomic E-state index is 0.196. The van der Waals surface area contributed by atoms with Gasteiger partial charge in [0.15, 0.2) is 0 Å². The molecule has 0 aliphatic carbocycles. The predicted octanol–water partition coefficient (Wildman–Crippen LogP) is 4.83. The molecule has 0 heterocycles. The first-order chi connectivity index (χ1) is 8.97. The van der Waals surface area contributed by atoms with Crippen molar-refractivity contribution in [2.45, 2.75) is 19.4 Å². The zero-order valence-corrected chi connectivity index (χ0v) is 12.7. The highest BCUT2D eigenvalue weighted by atomic mass is 79.9. The highest BCUT2D eigenvalue weighted by molar-refractivity contribution is 9.10. The van der Waals surface area contributed by atoms with E-state index in [9.17, 15) is 9.50 Å². The van der Waals surface area contributed by atoms with Crippen molar-refractivity contribution in [2.75, 3.05) is 0 Å². The number of halogens is 3. The van der Waals surface area contributed by atoms with Gasteiger partial charge in [-0.1, -0.05) is 39.7 Å². The molecule has 2 aromatic rings. The van der Waals surface area contributed by atoms with Crippen LogP contribution in [-0.4, -0.2) is 5.11 Å². The molecule has 0 saturated carbocycles. The summed E-state index contributed by atoms with van der Waals surface area (Å²) in [5, 5.41) is 10.6. The molecule has 0 aromatic heterocycles. The second-order valence-electron chi connectivity index (χ2n) is 4.46. The molecule has 0 bridgehead atoms. The van der Waals surface area contributed by atoms with E-state index in [-0.39, 0.29) is 12.2 Å². The summed E-state index contributed by atoms with van der Waals surface area (Å²) < 4.78 is 14.5. The van der Waals surface area contributed by atoms with Crippen molar-refractivity contribution in [3.8, 4) is 0 Å². The van der Waals surface area contributed by atoms with Crippen LogP contribution in [0.25, 0.3) is 0 Å². The van der Waals surface area contributed by atoms with E-state index in [1.807, 2.05) is 25.1 Å².